The number of allylic oxidation sites excluding steroid dienone is 2. The highest BCUT2D eigenvalue weighted by atomic mass is 32.1. The highest BCUT2D eigenvalue weighted by Gasteiger charge is 2.17. The van der Waals surface area contributed by atoms with Crippen LogP contribution in [0.15, 0.2) is 54.4 Å². The van der Waals surface area contributed by atoms with E-state index in [1.807, 2.05) is 18.2 Å². The first-order valence-electron chi connectivity index (χ1n) is 7.00. The maximum Gasteiger partial charge on any atom is 0.183 e. The normalized spacial score (nSPS) is 10.9. The van der Waals surface area contributed by atoms with Gasteiger partial charge in [0.25, 0.3) is 0 Å². The number of fused-ring (bicyclic) bond motifs is 2. The van der Waals surface area contributed by atoms with Crippen LogP contribution < -0.4 is 11.2 Å². The van der Waals surface area contributed by atoms with E-state index >= 15 is 0 Å². The van der Waals surface area contributed by atoms with Crippen molar-refractivity contribution < 1.29 is 0 Å². The average Bonchev–Trinajstić information content (AvgIpc) is 2.49. The first kappa shape index (κ1) is 14.5. The van der Waals surface area contributed by atoms with Crippen molar-refractivity contribution >= 4 is 27.2 Å². The molecule has 0 amide bonds. The predicted molar refractivity (Wildman–Crippen MR) is 94.7 cm³/mol. The Balaban J connectivity index is 2.41. The summed E-state index contributed by atoms with van der Waals surface area (Å²) >= 11 is 1.54. The van der Waals surface area contributed by atoms with Crippen molar-refractivity contribution in [1.82, 2.24) is 4.98 Å². The molecule has 3 rings (SSSR count). The van der Waals surface area contributed by atoms with Gasteiger partial charge in [-0.05, 0) is 36.6 Å². The summed E-state index contributed by atoms with van der Waals surface area (Å²) < 4.78 is 0.980. The fourth-order valence-corrected chi connectivity index (χ4v) is 3.67. The summed E-state index contributed by atoms with van der Waals surface area (Å²) in [6.07, 6.45) is 4.72. The largest absolute Gasteiger partial charge is 0.399 e. The average molecular weight is 308 g/mol. The summed E-state index contributed by atoms with van der Waals surface area (Å²) in [6.45, 7) is 7.54. The number of nitrogens with zero attached hydrogens (tertiary/aromatic N) is 1. The van der Waals surface area contributed by atoms with Crippen LogP contribution in [-0.4, -0.2) is 4.98 Å². The smallest absolute Gasteiger partial charge is 0.183 e. The van der Waals surface area contributed by atoms with Crippen molar-refractivity contribution in [2.75, 3.05) is 5.73 Å². The molecule has 1 aliphatic carbocycles. The third-order valence-electron chi connectivity index (χ3n) is 3.58. The van der Waals surface area contributed by atoms with Crippen LogP contribution in [0, 0.1) is 0 Å². The van der Waals surface area contributed by atoms with Crippen molar-refractivity contribution in [2.45, 2.75) is 12.8 Å². The number of hydrogen-bond acceptors (Lipinski definition) is 4. The molecule has 1 aromatic rings. The zero-order valence-electron chi connectivity index (χ0n) is 12.1. The molecule has 0 atom stereocenters. The van der Waals surface area contributed by atoms with Crippen molar-refractivity contribution in [1.29, 1.82) is 0 Å². The molecular weight excluding hydrogens is 292 g/mol. The van der Waals surface area contributed by atoms with Gasteiger partial charge < -0.3 is 5.73 Å². The van der Waals surface area contributed by atoms with E-state index in [2.05, 4.69) is 13.2 Å². The summed E-state index contributed by atoms with van der Waals surface area (Å²) in [5.41, 5.74) is 10.0. The Morgan fingerprint density at radius 1 is 1.14 bits per heavy atom. The molecule has 0 saturated heterocycles. The summed E-state index contributed by atoms with van der Waals surface area (Å²) in [6, 6.07) is 7.31. The Hall–Kier alpha value is -2.46. The molecule has 0 saturated carbocycles. The number of rotatable bonds is 4. The topological polar surface area (TPSA) is 56.0 Å². The van der Waals surface area contributed by atoms with E-state index in [0.717, 1.165) is 31.9 Å². The van der Waals surface area contributed by atoms with Crippen molar-refractivity contribution in [3.8, 4) is 10.6 Å². The maximum absolute atomic E-state index is 12.4. The minimum atomic E-state index is 0.0329. The van der Waals surface area contributed by atoms with Gasteiger partial charge in [-0.2, -0.15) is 0 Å². The minimum absolute atomic E-state index is 0.0329. The summed E-state index contributed by atoms with van der Waals surface area (Å²) in [5.74, 6) is 0. The molecule has 110 valence electrons. The fourth-order valence-electron chi connectivity index (χ4n) is 2.59. The van der Waals surface area contributed by atoms with Crippen LogP contribution in [0.4, 0.5) is 5.69 Å². The Bertz CT molecular complexity index is 911. The standard InChI is InChI=1S/C18H16N2OS/c1-3-5-12-13(6-4-2)18-17(10-15(12)21)22-16-9-11(19)7-8-14(16)20-18/h3-4,7-10H,1-2,5-6,19H2. The zero-order valence-corrected chi connectivity index (χ0v) is 13.0. The third kappa shape index (κ3) is 2.42. The van der Waals surface area contributed by atoms with E-state index in [4.69, 9.17) is 10.7 Å². The Morgan fingerprint density at radius 2 is 1.86 bits per heavy atom. The van der Waals surface area contributed by atoms with Crippen LogP contribution in [0.5, 0.6) is 0 Å². The first-order chi connectivity index (χ1) is 10.6. The maximum atomic E-state index is 12.4. The van der Waals surface area contributed by atoms with Crippen LogP contribution in [-0.2, 0) is 12.8 Å². The summed E-state index contributed by atoms with van der Waals surface area (Å²) in [4.78, 5) is 18.0. The fraction of sp³-hybridized carbons (Fsp3) is 0.111. The molecule has 0 radical (unpaired) electrons. The van der Waals surface area contributed by atoms with Gasteiger partial charge in [-0.3, -0.25) is 4.79 Å². The molecule has 0 unspecified atom stereocenters. The van der Waals surface area contributed by atoms with E-state index in [9.17, 15) is 4.79 Å². The van der Waals surface area contributed by atoms with Gasteiger partial charge in [-0.15, -0.1) is 24.5 Å². The SMILES string of the molecule is C=CCc1c2nc3ccc(N)cc3sc-2cc(=O)c1CC=C. The number of benzene rings is 2. The number of nitrogen functional groups attached to an aromatic ring is 1. The van der Waals surface area contributed by atoms with E-state index in [0.29, 0.717) is 18.5 Å². The number of anilines is 1. The van der Waals surface area contributed by atoms with E-state index < -0.39 is 0 Å². The molecule has 0 fully saturated rings. The molecule has 0 aromatic heterocycles. The molecule has 3 nitrogen and oxygen atoms in total. The second-order valence-electron chi connectivity index (χ2n) is 5.11. The van der Waals surface area contributed by atoms with Crippen LogP contribution in [0.2, 0.25) is 0 Å². The lowest BCUT2D eigenvalue weighted by Crippen LogP contribution is -2.13. The van der Waals surface area contributed by atoms with Gasteiger partial charge in [0, 0.05) is 17.3 Å². The first-order valence-corrected chi connectivity index (χ1v) is 7.82. The van der Waals surface area contributed by atoms with Gasteiger partial charge in [0.2, 0.25) is 0 Å². The second kappa shape index (κ2) is 5.73. The van der Waals surface area contributed by atoms with Gasteiger partial charge in [0.05, 0.1) is 20.8 Å². The van der Waals surface area contributed by atoms with E-state index in [-0.39, 0.29) is 5.43 Å². The molecule has 1 heterocycles. The van der Waals surface area contributed by atoms with Crippen molar-refractivity contribution in [3.63, 3.8) is 0 Å². The highest BCUT2D eigenvalue weighted by Crippen LogP contribution is 2.34. The van der Waals surface area contributed by atoms with Crippen LogP contribution in [0.1, 0.15) is 11.1 Å². The van der Waals surface area contributed by atoms with Gasteiger partial charge in [0.15, 0.2) is 5.43 Å². The van der Waals surface area contributed by atoms with Crippen molar-refractivity contribution in [3.05, 3.63) is 70.9 Å². The molecule has 22 heavy (non-hydrogen) atoms. The second-order valence-corrected chi connectivity index (χ2v) is 6.19. The number of aromatic nitrogens is 1. The van der Waals surface area contributed by atoms with E-state index in [1.54, 1.807) is 29.6 Å². The molecule has 0 spiro atoms. The third-order valence-corrected chi connectivity index (χ3v) is 4.65. The van der Waals surface area contributed by atoms with Crippen molar-refractivity contribution in [2.24, 2.45) is 0 Å². The zero-order chi connectivity index (χ0) is 15.7. The van der Waals surface area contributed by atoms with Crippen LogP contribution in [0.3, 0.4) is 0 Å². The Morgan fingerprint density at radius 3 is 2.59 bits per heavy atom. The molecule has 4 heteroatoms. The van der Waals surface area contributed by atoms with Gasteiger partial charge in [0.1, 0.15) is 0 Å². The van der Waals surface area contributed by atoms with E-state index in [1.165, 1.54) is 0 Å². The number of nitrogens with two attached hydrogens (primary N) is 1. The predicted octanol–water partition coefficient (Wildman–Crippen LogP) is 3.80. The van der Waals surface area contributed by atoms with Crippen LogP contribution in [0.25, 0.3) is 20.8 Å². The Kier molecular flexibility index (Phi) is 3.77. The van der Waals surface area contributed by atoms with Gasteiger partial charge in [-0.1, -0.05) is 12.2 Å². The summed E-state index contributed by atoms with van der Waals surface area (Å²) in [5, 5.41) is 0. The van der Waals surface area contributed by atoms with Gasteiger partial charge in [-0.25, -0.2) is 4.98 Å². The molecule has 2 N–H and O–H groups in total. The molecule has 1 aromatic carbocycles. The molecule has 2 aliphatic rings. The Labute approximate surface area is 132 Å². The summed E-state index contributed by atoms with van der Waals surface area (Å²) in [7, 11) is 0. The van der Waals surface area contributed by atoms with Gasteiger partial charge >= 0.3 is 0 Å². The molecule has 1 aliphatic heterocycles. The molecule has 0 bridgehead atoms. The lowest BCUT2D eigenvalue weighted by Gasteiger charge is -2.14. The lowest BCUT2D eigenvalue weighted by atomic mass is 9.97. The monoisotopic (exact) mass is 308 g/mol. The highest BCUT2D eigenvalue weighted by molar-refractivity contribution is 7.21. The quantitative estimate of drug-likeness (QED) is 0.453. The number of hydrogen-bond donors (Lipinski definition) is 1. The van der Waals surface area contributed by atoms with Crippen LogP contribution >= 0.6 is 11.3 Å². The lowest BCUT2D eigenvalue weighted by molar-refractivity contribution is 1.12. The molecular formula is C18H16N2OS. The minimum Gasteiger partial charge on any atom is -0.399 e.